The molecule has 2 fully saturated rings. The molecule has 0 radical (unpaired) electrons. The van der Waals surface area contributed by atoms with Gasteiger partial charge in [-0.3, -0.25) is 15.0 Å². The van der Waals surface area contributed by atoms with Gasteiger partial charge >= 0.3 is 6.03 Å². The van der Waals surface area contributed by atoms with Gasteiger partial charge in [-0.25, -0.2) is 4.79 Å². The normalized spacial score (nSPS) is 41.1. The van der Waals surface area contributed by atoms with Gasteiger partial charge in [0.1, 0.15) is 18.3 Å². The van der Waals surface area contributed by atoms with Gasteiger partial charge in [0.25, 0.3) is 0 Å². The highest BCUT2D eigenvalue weighted by Crippen LogP contribution is 2.25. The van der Waals surface area contributed by atoms with Gasteiger partial charge in [-0.1, -0.05) is 6.92 Å². The highest BCUT2D eigenvalue weighted by atomic mass is 16.8. The summed E-state index contributed by atoms with van der Waals surface area (Å²) in [5.41, 5.74) is 0. The van der Waals surface area contributed by atoms with Gasteiger partial charge in [-0.2, -0.15) is 0 Å². The highest BCUT2D eigenvalue weighted by Gasteiger charge is 2.48. The maximum absolute atomic E-state index is 11.6. The molecule has 5 atom stereocenters. The number of rotatable bonds is 2. The zero-order chi connectivity index (χ0) is 13.4. The van der Waals surface area contributed by atoms with Gasteiger partial charge in [0, 0.05) is 6.54 Å². The number of nitrogens with zero attached hydrogens (tertiary/aromatic N) is 1. The second-order valence-electron chi connectivity index (χ2n) is 4.58. The summed E-state index contributed by atoms with van der Waals surface area (Å²) in [5, 5.41) is 30.5. The molecular formula is C10H16N2O6. The molecule has 4 N–H and O–H groups in total. The monoisotopic (exact) mass is 265 g/mol. The van der Waals surface area contributed by atoms with E-state index in [-0.39, 0.29) is 12.5 Å². The molecule has 2 saturated heterocycles. The minimum Gasteiger partial charge on any atom is -0.394 e. The van der Waals surface area contributed by atoms with Crippen molar-refractivity contribution in [1.82, 2.24) is 10.2 Å². The molecule has 0 aromatic carbocycles. The first-order chi connectivity index (χ1) is 8.45. The van der Waals surface area contributed by atoms with E-state index in [1.54, 1.807) is 6.92 Å². The summed E-state index contributed by atoms with van der Waals surface area (Å²) in [6, 6.07) is -0.673. The van der Waals surface area contributed by atoms with Crippen LogP contribution < -0.4 is 5.32 Å². The number of hydrogen-bond donors (Lipinski definition) is 4. The third-order valence-corrected chi connectivity index (χ3v) is 3.23. The van der Waals surface area contributed by atoms with Crippen LogP contribution in [0, 0.1) is 5.92 Å². The summed E-state index contributed by atoms with van der Waals surface area (Å²) < 4.78 is 5.23. The number of aliphatic hydroxyl groups excluding tert-OH is 3. The van der Waals surface area contributed by atoms with Crippen molar-refractivity contribution in [2.75, 3.05) is 13.2 Å². The van der Waals surface area contributed by atoms with Gasteiger partial charge in [0.15, 0.2) is 6.23 Å². The molecule has 0 spiro atoms. The smallest absolute Gasteiger partial charge is 0.326 e. The van der Waals surface area contributed by atoms with E-state index in [0.717, 1.165) is 4.90 Å². The van der Waals surface area contributed by atoms with Crippen LogP contribution in [0.4, 0.5) is 4.79 Å². The molecular weight excluding hydrogens is 249 g/mol. The van der Waals surface area contributed by atoms with E-state index in [0.29, 0.717) is 0 Å². The van der Waals surface area contributed by atoms with Crippen molar-refractivity contribution < 1.29 is 29.6 Å². The molecule has 2 aliphatic rings. The molecule has 2 aliphatic heterocycles. The van der Waals surface area contributed by atoms with Crippen LogP contribution in [0.1, 0.15) is 6.92 Å². The topological polar surface area (TPSA) is 119 Å². The Hall–Kier alpha value is -1.22. The zero-order valence-corrected chi connectivity index (χ0v) is 9.81. The van der Waals surface area contributed by atoms with Crippen molar-refractivity contribution in [3.63, 3.8) is 0 Å². The molecule has 3 amide bonds. The van der Waals surface area contributed by atoms with Crippen LogP contribution in [-0.2, 0) is 9.53 Å². The molecule has 8 nitrogen and oxygen atoms in total. The predicted molar refractivity (Wildman–Crippen MR) is 57.2 cm³/mol. The second-order valence-corrected chi connectivity index (χ2v) is 4.58. The third kappa shape index (κ3) is 2.07. The summed E-state index contributed by atoms with van der Waals surface area (Å²) in [6.45, 7) is 1.27. The zero-order valence-electron chi connectivity index (χ0n) is 9.81. The number of ether oxygens (including phenoxy) is 1. The fourth-order valence-electron chi connectivity index (χ4n) is 2.12. The van der Waals surface area contributed by atoms with Crippen molar-refractivity contribution in [3.05, 3.63) is 0 Å². The second kappa shape index (κ2) is 4.81. The minimum atomic E-state index is -1.31. The van der Waals surface area contributed by atoms with Crippen LogP contribution in [-0.4, -0.2) is 69.8 Å². The molecule has 2 heterocycles. The molecule has 18 heavy (non-hydrogen) atoms. The molecule has 2 rings (SSSR count). The van der Waals surface area contributed by atoms with Crippen LogP contribution in [0.3, 0.4) is 0 Å². The molecule has 0 bridgehead atoms. The number of aliphatic hydroxyl groups is 3. The Balaban J connectivity index is 2.12. The number of carbonyl (C=O) groups excluding carboxylic acids is 2. The first-order valence-electron chi connectivity index (χ1n) is 5.69. The Kier molecular flexibility index (Phi) is 3.53. The number of urea groups is 1. The number of nitrogens with one attached hydrogen (secondary N) is 1. The average Bonchev–Trinajstić information content (AvgIpc) is 2.61. The van der Waals surface area contributed by atoms with E-state index in [9.17, 15) is 19.8 Å². The lowest BCUT2D eigenvalue weighted by molar-refractivity contribution is -0.130. The van der Waals surface area contributed by atoms with Gasteiger partial charge < -0.3 is 20.1 Å². The quantitative estimate of drug-likeness (QED) is 0.414. The Morgan fingerprint density at radius 3 is 2.61 bits per heavy atom. The Bertz CT molecular complexity index is 362. The van der Waals surface area contributed by atoms with E-state index in [1.807, 2.05) is 0 Å². The molecule has 8 heteroatoms. The Morgan fingerprint density at radius 1 is 1.39 bits per heavy atom. The van der Waals surface area contributed by atoms with E-state index >= 15 is 0 Å². The van der Waals surface area contributed by atoms with Gasteiger partial charge in [0.2, 0.25) is 5.91 Å². The van der Waals surface area contributed by atoms with Crippen LogP contribution in [0.5, 0.6) is 0 Å². The first kappa shape index (κ1) is 13.2. The SMILES string of the molecule is CC1CN([13CH]2O[13CH]([13CH2]O)[13CH](O)[13CH]2O)C(=O)NC1=O. The van der Waals surface area contributed by atoms with Crippen LogP contribution in [0.15, 0.2) is 0 Å². The summed E-state index contributed by atoms with van der Waals surface area (Å²) >= 11 is 0. The van der Waals surface area contributed by atoms with E-state index < -0.39 is 43.1 Å². The van der Waals surface area contributed by atoms with Gasteiger partial charge in [-0.05, 0) is 0 Å². The van der Waals surface area contributed by atoms with Crippen molar-refractivity contribution in [2.24, 2.45) is 5.92 Å². The van der Waals surface area contributed by atoms with Gasteiger partial charge in [0.05, 0.1) is 12.5 Å². The summed E-state index contributed by atoms with van der Waals surface area (Å²) in [5.74, 6) is -0.813. The molecule has 0 aromatic rings. The summed E-state index contributed by atoms with van der Waals surface area (Å²) in [6.07, 6.45) is -4.58. The molecule has 0 aromatic heterocycles. The first-order valence-corrected chi connectivity index (χ1v) is 5.69. The lowest BCUT2D eigenvalue weighted by Gasteiger charge is -2.35. The average molecular weight is 265 g/mol. The lowest BCUT2D eigenvalue weighted by Crippen LogP contribution is -2.59. The number of amides is 3. The molecule has 0 saturated carbocycles. The standard InChI is InChI=1S/C10H16N2O6/c1-4-2-12(10(17)11-8(4)16)9-7(15)6(14)5(3-13)18-9/h4-7,9,13-15H,2-3H2,1H3,(H,11,16,17)/i3+1,5+1,6+1,7+1,9+1. The lowest BCUT2D eigenvalue weighted by atomic mass is 10.1. The molecule has 102 valence electrons. The minimum absolute atomic E-state index is 0.0945. The fourth-order valence-corrected chi connectivity index (χ4v) is 2.12. The number of hydrogen-bond acceptors (Lipinski definition) is 6. The van der Waals surface area contributed by atoms with Crippen molar-refractivity contribution in [2.45, 2.75) is 31.5 Å². The third-order valence-electron chi connectivity index (χ3n) is 3.23. The van der Waals surface area contributed by atoms with Crippen LogP contribution in [0.2, 0.25) is 0 Å². The Morgan fingerprint density at radius 2 is 2.06 bits per heavy atom. The van der Waals surface area contributed by atoms with E-state index in [2.05, 4.69) is 5.32 Å². The summed E-state index contributed by atoms with van der Waals surface area (Å²) in [7, 11) is 0. The van der Waals surface area contributed by atoms with Crippen LogP contribution in [0.25, 0.3) is 0 Å². The molecule has 5 unspecified atom stereocenters. The number of carbonyl (C=O) groups is 2. The molecule has 0 aliphatic carbocycles. The van der Waals surface area contributed by atoms with Crippen LogP contribution >= 0.6 is 0 Å². The predicted octanol–water partition coefficient (Wildman–Crippen LogP) is -2.39. The van der Waals surface area contributed by atoms with E-state index in [4.69, 9.17) is 9.84 Å². The van der Waals surface area contributed by atoms with Crippen molar-refractivity contribution in [3.8, 4) is 0 Å². The van der Waals surface area contributed by atoms with Crippen molar-refractivity contribution in [1.29, 1.82) is 0 Å². The maximum atomic E-state index is 11.6. The highest BCUT2D eigenvalue weighted by molar-refractivity contribution is 5.97. The fraction of sp³-hybridized carbons (Fsp3) is 0.800. The summed E-state index contributed by atoms with van der Waals surface area (Å²) in [4.78, 5) is 24.1. The Labute approximate surface area is 103 Å². The largest absolute Gasteiger partial charge is 0.394 e. The maximum Gasteiger partial charge on any atom is 0.326 e. The number of imide groups is 1. The van der Waals surface area contributed by atoms with Crippen molar-refractivity contribution >= 4 is 11.9 Å². The van der Waals surface area contributed by atoms with E-state index in [1.165, 1.54) is 0 Å². The van der Waals surface area contributed by atoms with Gasteiger partial charge in [-0.15, -0.1) is 0 Å².